The Morgan fingerprint density at radius 3 is 1.36 bits per heavy atom. The normalized spacial score (nSPS) is 13.0. The highest BCUT2D eigenvalue weighted by atomic mass is 15.5. The Labute approximate surface area is 249 Å². The first-order valence-corrected chi connectivity index (χ1v) is 16.0. The van der Waals surface area contributed by atoms with E-state index in [0.29, 0.717) is 0 Å². The predicted molar refractivity (Wildman–Crippen MR) is 174 cm³/mol. The van der Waals surface area contributed by atoms with Crippen molar-refractivity contribution in [1.82, 2.24) is 30.0 Å². The lowest BCUT2D eigenvalue weighted by Crippen LogP contribution is -2.21. The Bertz CT molecular complexity index is 1380. The van der Waals surface area contributed by atoms with Crippen LogP contribution in [0.1, 0.15) is 103 Å². The summed E-state index contributed by atoms with van der Waals surface area (Å²) in [6.07, 6.45) is 14.5. The van der Waals surface area contributed by atoms with Gasteiger partial charge in [0.1, 0.15) is 23.4 Å². The standard InChI is InChI=1S/C34H46N8/c1-3-5-7-9-11-21-33(41-31-19-15-13-17-29(31)37-39-41)35-27-23-25-28(26-24-27)36-34(22-12-10-8-6-4-2)42-32-20-16-14-18-30(32)38-40-42/h13-20,23-26,33-36H,3-12,21-22H2,1-2H3/t33-,34-/m1/s1. The fourth-order valence-electron chi connectivity index (χ4n) is 5.68. The van der Waals surface area contributed by atoms with Crippen molar-refractivity contribution < 1.29 is 0 Å². The van der Waals surface area contributed by atoms with Crippen LogP contribution in [0.25, 0.3) is 22.1 Å². The van der Waals surface area contributed by atoms with Crippen LogP contribution in [0.3, 0.4) is 0 Å². The van der Waals surface area contributed by atoms with Crippen LogP contribution in [-0.2, 0) is 0 Å². The van der Waals surface area contributed by atoms with Crippen molar-refractivity contribution >= 4 is 33.4 Å². The van der Waals surface area contributed by atoms with Gasteiger partial charge in [-0.25, -0.2) is 9.36 Å². The van der Waals surface area contributed by atoms with Crippen molar-refractivity contribution in [3.63, 3.8) is 0 Å². The third-order valence-corrected chi connectivity index (χ3v) is 8.06. The van der Waals surface area contributed by atoms with Gasteiger partial charge >= 0.3 is 0 Å². The second-order valence-corrected chi connectivity index (χ2v) is 11.3. The first-order valence-electron chi connectivity index (χ1n) is 16.0. The fraction of sp³-hybridized carbons (Fsp3) is 0.471. The summed E-state index contributed by atoms with van der Waals surface area (Å²) in [5, 5.41) is 25.4. The summed E-state index contributed by atoms with van der Waals surface area (Å²) in [4.78, 5) is 0. The molecule has 0 radical (unpaired) electrons. The predicted octanol–water partition coefficient (Wildman–Crippen LogP) is 9.12. The monoisotopic (exact) mass is 566 g/mol. The maximum atomic E-state index is 4.54. The molecule has 0 fully saturated rings. The highest BCUT2D eigenvalue weighted by molar-refractivity contribution is 5.75. The molecule has 8 heteroatoms. The molecular formula is C34H46N8. The zero-order chi connectivity index (χ0) is 29.0. The topological polar surface area (TPSA) is 85.5 Å². The molecule has 0 spiro atoms. The minimum Gasteiger partial charge on any atom is -0.364 e. The van der Waals surface area contributed by atoms with E-state index in [1.807, 2.05) is 33.6 Å². The number of hydrogen-bond acceptors (Lipinski definition) is 6. The number of rotatable bonds is 18. The first kappa shape index (κ1) is 29.5. The van der Waals surface area contributed by atoms with Gasteiger partial charge in [-0.1, -0.05) is 99.9 Å². The molecule has 2 atom stereocenters. The van der Waals surface area contributed by atoms with Crippen LogP contribution in [-0.4, -0.2) is 30.0 Å². The molecule has 2 heterocycles. The summed E-state index contributed by atoms with van der Waals surface area (Å²) < 4.78 is 4.09. The van der Waals surface area contributed by atoms with E-state index >= 15 is 0 Å². The maximum absolute atomic E-state index is 4.54. The molecule has 2 N–H and O–H groups in total. The van der Waals surface area contributed by atoms with Crippen molar-refractivity contribution in [2.24, 2.45) is 0 Å². The molecule has 0 amide bonds. The molecule has 0 saturated carbocycles. The van der Waals surface area contributed by atoms with Crippen molar-refractivity contribution in [1.29, 1.82) is 0 Å². The lowest BCUT2D eigenvalue weighted by molar-refractivity contribution is 0.444. The van der Waals surface area contributed by atoms with E-state index in [4.69, 9.17) is 0 Å². The average Bonchev–Trinajstić information content (AvgIpc) is 3.65. The highest BCUT2D eigenvalue weighted by Crippen LogP contribution is 2.27. The van der Waals surface area contributed by atoms with Gasteiger partial charge in [0.2, 0.25) is 0 Å². The first-order chi connectivity index (χ1) is 20.8. The van der Waals surface area contributed by atoms with Crippen LogP contribution in [0.4, 0.5) is 11.4 Å². The molecule has 5 rings (SSSR count). The molecule has 0 bridgehead atoms. The van der Waals surface area contributed by atoms with E-state index in [0.717, 1.165) is 59.1 Å². The van der Waals surface area contributed by atoms with Gasteiger partial charge < -0.3 is 10.6 Å². The van der Waals surface area contributed by atoms with Crippen molar-refractivity contribution in [3.8, 4) is 0 Å². The lowest BCUT2D eigenvalue weighted by atomic mass is 10.1. The van der Waals surface area contributed by atoms with Gasteiger partial charge in [-0.3, -0.25) is 0 Å². The molecule has 0 aliphatic carbocycles. The van der Waals surface area contributed by atoms with Crippen molar-refractivity contribution in [2.75, 3.05) is 10.6 Å². The summed E-state index contributed by atoms with van der Waals surface area (Å²) in [7, 11) is 0. The van der Waals surface area contributed by atoms with Gasteiger partial charge in [-0.15, -0.1) is 10.2 Å². The van der Waals surface area contributed by atoms with Gasteiger partial charge in [0.15, 0.2) is 0 Å². The average molecular weight is 567 g/mol. The smallest absolute Gasteiger partial charge is 0.123 e. The van der Waals surface area contributed by atoms with E-state index in [9.17, 15) is 0 Å². The summed E-state index contributed by atoms with van der Waals surface area (Å²) in [6, 6.07) is 25.0. The second-order valence-electron chi connectivity index (χ2n) is 11.3. The summed E-state index contributed by atoms with van der Waals surface area (Å²) in [5.41, 5.74) is 6.11. The number of aromatic nitrogens is 6. The Morgan fingerprint density at radius 1 is 0.524 bits per heavy atom. The van der Waals surface area contributed by atoms with Gasteiger partial charge in [-0.2, -0.15) is 0 Å². The molecule has 222 valence electrons. The number of fused-ring (bicyclic) bond motifs is 2. The van der Waals surface area contributed by atoms with Crippen LogP contribution in [0, 0.1) is 0 Å². The van der Waals surface area contributed by atoms with Crippen LogP contribution in [0.15, 0.2) is 72.8 Å². The quantitative estimate of drug-likeness (QED) is 0.103. The summed E-state index contributed by atoms with van der Waals surface area (Å²) >= 11 is 0. The summed E-state index contributed by atoms with van der Waals surface area (Å²) in [5.74, 6) is 0. The van der Waals surface area contributed by atoms with Crippen LogP contribution in [0.2, 0.25) is 0 Å². The molecule has 0 aliphatic rings. The Hall–Kier alpha value is -3.94. The second kappa shape index (κ2) is 15.3. The third-order valence-electron chi connectivity index (χ3n) is 8.06. The van der Waals surface area contributed by atoms with E-state index < -0.39 is 0 Å². The molecule has 0 aliphatic heterocycles. The van der Waals surface area contributed by atoms with Gasteiger partial charge in [0.05, 0.1) is 11.0 Å². The third kappa shape index (κ3) is 7.66. The number of anilines is 2. The largest absolute Gasteiger partial charge is 0.364 e. The molecule has 42 heavy (non-hydrogen) atoms. The highest BCUT2D eigenvalue weighted by Gasteiger charge is 2.18. The van der Waals surface area contributed by atoms with Crippen molar-refractivity contribution in [2.45, 2.75) is 103 Å². The van der Waals surface area contributed by atoms with E-state index in [1.54, 1.807) is 0 Å². The zero-order valence-electron chi connectivity index (χ0n) is 25.3. The SMILES string of the molecule is CCCCCCC[C@H](Nc1ccc(N[C@@H](CCCCCCC)n2nnc3ccccc32)cc1)n1nnc2ccccc21. The molecule has 2 aromatic heterocycles. The molecule has 8 nitrogen and oxygen atoms in total. The van der Waals surface area contributed by atoms with Gasteiger partial charge in [0, 0.05) is 11.4 Å². The molecule has 0 unspecified atom stereocenters. The Morgan fingerprint density at radius 2 is 0.929 bits per heavy atom. The van der Waals surface area contributed by atoms with Gasteiger partial charge in [-0.05, 0) is 74.2 Å². The maximum Gasteiger partial charge on any atom is 0.123 e. The van der Waals surface area contributed by atoms with Crippen LogP contribution in [0.5, 0.6) is 0 Å². The fourth-order valence-corrected chi connectivity index (χ4v) is 5.68. The number of hydrogen-bond donors (Lipinski definition) is 2. The molecule has 0 saturated heterocycles. The van der Waals surface area contributed by atoms with E-state index in [-0.39, 0.29) is 12.3 Å². The molecule has 5 aromatic rings. The van der Waals surface area contributed by atoms with Crippen LogP contribution < -0.4 is 10.6 Å². The number of unbranched alkanes of at least 4 members (excludes halogenated alkanes) is 8. The number of nitrogens with one attached hydrogen (secondary N) is 2. The summed E-state index contributed by atoms with van der Waals surface area (Å²) in [6.45, 7) is 4.52. The Balaban J connectivity index is 1.29. The number of nitrogens with zero attached hydrogens (tertiary/aromatic N) is 6. The molecule has 3 aromatic carbocycles. The van der Waals surface area contributed by atoms with E-state index in [1.165, 1.54) is 51.4 Å². The lowest BCUT2D eigenvalue weighted by Gasteiger charge is -2.23. The van der Waals surface area contributed by atoms with E-state index in [2.05, 4.69) is 93.6 Å². The zero-order valence-corrected chi connectivity index (χ0v) is 25.3. The Kier molecular flexibility index (Phi) is 10.8. The molecular weight excluding hydrogens is 520 g/mol. The van der Waals surface area contributed by atoms with Crippen molar-refractivity contribution in [3.05, 3.63) is 72.8 Å². The number of benzene rings is 3. The van der Waals surface area contributed by atoms with Gasteiger partial charge in [0.25, 0.3) is 0 Å². The minimum absolute atomic E-state index is 0.0372. The number of para-hydroxylation sites is 2. The van der Waals surface area contributed by atoms with Crippen LogP contribution >= 0.6 is 0 Å². The minimum atomic E-state index is 0.0372.